The maximum Gasteiger partial charge on any atom is 0.0855 e. The minimum atomic E-state index is 0.275. The zero-order valence-corrected chi connectivity index (χ0v) is 9.28. The molecule has 2 unspecified atom stereocenters. The van der Waals surface area contributed by atoms with Crippen LogP contribution in [-0.2, 0) is 4.74 Å². The molecule has 3 heteroatoms. The lowest BCUT2D eigenvalue weighted by molar-refractivity contribution is -0.0526. The first kappa shape index (κ1) is 10.4. The predicted molar refractivity (Wildman–Crippen MR) is 57.1 cm³/mol. The van der Waals surface area contributed by atoms with Crippen molar-refractivity contribution in [2.45, 2.75) is 44.9 Å². The third-order valence-corrected chi connectivity index (χ3v) is 3.45. The summed E-state index contributed by atoms with van der Waals surface area (Å²) < 4.78 is 5.75. The summed E-state index contributed by atoms with van der Waals surface area (Å²) in [6.45, 7) is 7.42. The molecular weight excluding hydrogens is 176 g/mol. The highest BCUT2D eigenvalue weighted by Crippen LogP contribution is 2.34. The van der Waals surface area contributed by atoms with Gasteiger partial charge in [0.15, 0.2) is 0 Å². The average molecular weight is 198 g/mol. The van der Waals surface area contributed by atoms with Crippen molar-refractivity contribution < 1.29 is 4.74 Å². The molecule has 2 aliphatic rings. The summed E-state index contributed by atoms with van der Waals surface area (Å²) in [6.07, 6.45) is 2.89. The number of rotatable bonds is 3. The SMILES string of the molecule is CC(C)N1CCOC(C(N)C2CC2)C1. The molecule has 2 atom stereocenters. The monoisotopic (exact) mass is 198 g/mol. The summed E-state index contributed by atoms with van der Waals surface area (Å²) in [4.78, 5) is 2.47. The number of ether oxygens (including phenoxy) is 1. The molecular formula is C11H22N2O. The standard InChI is InChI=1S/C11H22N2O/c1-8(2)13-5-6-14-10(7-13)11(12)9-3-4-9/h8-11H,3-7,12H2,1-2H3. The second-order valence-electron chi connectivity index (χ2n) is 4.91. The van der Waals surface area contributed by atoms with Crippen molar-refractivity contribution in [3.63, 3.8) is 0 Å². The van der Waals surface area contributed by atoms with E-state index in [-0.39, 0.29) is 12.1 Å². The van der Waals surface area contributed by atoms with Crippen molar-refractivity contribution in [2.24, 2.45) is 11.7 Å². The molecule has 3 nitrogen and oxygen atoms in total. The molecule has 0 aromatic carbocycles. The van der Waals surface area contributed by atoms with Gasteiger partial charge in [0.05, 0.1) is 12.7 Å². The molecule has 0 aromatic rings. The Morgan fingerprint density at radius 1 is 1.36 bits per heavy atom. The number of nitrogens with zero attached hydrogens (tertiary/aromatic N) is 1. The minimum absolute atomic E-state index is 0.275. The maximum atomic E-state index is 6.16. The molecule has 1 saturated heterocycles. The lowest BCUT2D eigenvalue weighted by Gasteiger charge is -2.38. The van der Waals surface area contributed by atoms with Crippen LogP contribution in [-0.4, -0.2) is 42.8 Å². The van der Waals surface area contributed by atoms with Crippen molar-refractivity contribution >= 4 is 0 Å². The number of hydrogen-bond donors (Lipinski definition) is 1. The summed E-state index contributed by atoms with van der Waals surface area (Å²) in [5.74, 6) is 0.743. The highest BCUT2D eigenvalue weighted by Gasteiger charge is 2.36. The van der Waals surface area contributed by atoms with Crippen LogP contribution in [0.1, 0.15) is 26.7 Å². The minimum Gasteiger partial charge on any atom is -0.374 e. The van der Waals surface area contributed by atoms with Crippen molar-refractivity contribution in [2.75, 3.05) is 19.7 Å². The van der Waals surface area contributed by atoms with Crippen LogP contribution >= 0.6 is 0 Å². The van der Waals surface area contributed by atoms with E-state index >= 15 is 0 Å². The van der Waals surface area contributed by atoms with E-state index in [2.05, 4.69) is 18.7 Å². The molecule has 0 amide bonds. The first-order valence-electron chi connectivity index (χ1n) is 5.79. The van der Waals surface area contributed by atoms with Crippen LogP contribution in [0.25, 0.3) is 0 Å². The smallest absolute Gasteiger partial charge is 0.0855 e. The normalized spacial score (nSPS) is 32.1. The van der Waals surface area contributed by atoms with E-state index in [9.17, 15) is 0 Å². The average Bonchev–Trinajstić information content (AvgIpc) is 3.00. The fourth-order valence-electron chi connectivity index (χ4n) is 2.18. The van der Waals surface area contributed by atoms with Crippen LogP contribution in [0, 0.1) is 5.92 Å². The van der Waals surface area contributed by atoms with Crippen LogP contribution in [0.2, 0.25) is 0 Å². The molecule has 82 valence electrons. The van der Waals surface area contributed by atoms with Crippen LogP contribution in [0.15, 0.2) is 0 Å². The quantitative estimate of drug-likeness (QED) is 0.730. The Bertz CT molecular complexity index is 192. The Kier molecular flexibility index (Phi) is 3.10. The second-order valence-corrected chi connectivity index (χ2v) is 4.91. The zero-order valence-electron chi connectivity index (χ0n) is 9.28. The molecule has 1 aliphatic carbocycles. The van der Waals surface area contributed by atoms with Gasteiger partial charge >= 0.3 is 0 Å². The Morgan fingerprint density at radius 3 is 2.64 bits per heavy atom. The summed E-state index contributed by atoms with van der Waals surface area (Å²) >= 11 is 0. The molecule has 1 aliphatic heterocycles. The van der Waals surface area contributed by atoms with Crippen LogP contribution in [0.3, 0.4) is 0 Å². The maximum absolute atomic E-state index is 6.16. The molecule has 0 radical (unpaired) electrons. The summed E-state index contributed by atoms with van der Waals surface area (Å²) in [7, 11) is 0. The summed E-state index contributed by atoms with van der Waals surface area (Å²) in [6, 6.07) is 0.893. The molecule has 14 heavy (non-hydrogen) atoms. The molecule has 0 bridgehead atoms. The second kappa shape index (κ2) is 4.17. The van der Waals surface area contributed by atoms with E-state index in [1.165, 1.54) is 12.8 Å². The molecule has 0 spiro atoms. The molecule has 1 saturated carbocycles. The van der Waals surface area contributed by atoms with E-state index < -0.39 is 0 Å². The van der Waals surface area contributed by atoms with E-state index in [0.29, 0.717) is 6.04 Å². The lowest BCUT2D eigenvalue weighted by atomic mass is 10.0. The van der Waals surface area contributed by atoms with E-state index in [4.69, 9.17) is 10.5 Å². The molecule has 2 rings (SSSR count). The third kappa shape index (κ3) is 2.27. The molecule has 2 N–H and O–H groups in total. The first-order chi connectivity index (χ1) is 6.68. The van der Waals surface area contributed by atoms with Crippen LogP contribution < -0.4 is 5.73 Å². The Labute approximate surface area is 86.6 Å². The van der Waals surface area contributed by atoms with Crippen LogP contribution in [0.5, 0.6) is 0 Å². The van der Waals surface area contributed by atoms with Crippen molar-refractivity contribution in [3.8, 4) is 0 Å². The van der Waals surface area contributed by atoms with Gasteiger partial charge in [0, 0.05) is 25.2 Å². The third-order valence-electron chi connectivity index (χ3n) is 3.45. The van der Waals surface area contributed by atoms with Gasteiger partial charge in [-0.05, 0) is 32.6 Å². The number of nitrogens with two attached hydrogens (primary N) is 1. The molecule has 1 heterocycles. The predicted octanol–water partition coefficient (Wildman–Crippen LogP) is 0.833. The Hall–Kier alpha value is -0.120. The molecule has 0 aromatic heterocycles. The largest absolute Gasteiger partial charge is 0.374 e. The highest BCUT2D eigenvalue weighted by molar-refractivity contribution is 4.92. The zero-order chi connectivity index (χ0) is 10.1. The van der Waals surface area contributed by atoms with Crippen molar-refractivity contribution in [1.29, 1.82) is 0 Å². The van der Waals surface area contributed by atoms with Gasteiger partial charge in [-0.1, -0.05) is 0 Å². The van der Waals surface area contributed by atoms with Gasteiger partial charge in [-0.2, -0.15) is 0 Å². The van der Waals surface area contributed by atoms with Gasteiger partial charge < -0.3 is 10.5 Å². The number of morpholine rings is 1. The van der Waals surface area contributed by atoms with E-state index in [1.54, 1.807) is 0 Å². The van der Waals surface area contributed by atoms with Gasteiger partial charge in [-0.3, -0.25) is 4.90 Å². The number of hydrogen-bond acceptors (Lipinski definition) is 3. The van der Waals surface area contributed by atoms with Gasteiger partial charge in [-0.15, -0.1) is 0 Å². The van der Waals surface area contributed by atoms with Gasteiger partial charge in [-0.25, -0.2) is 0 Å². The fraction of sp³-hybridized carbons (Fsp3) is 1.00. The van der Waals surface area contributed by atoms with Crippen molar-refractivity contribution in [3.05, 3.63) is 0 Å². The van der Waals surface area contributed by atoms with Gasteiger partial charge in [0.25, 0.3) is 0 Å². The topological polar surface area (TPSA) is 38.5 Å². The van der Waals surface area contributed by atoms with Gasteiger partial charge in [0.2, 0.25) is 0 Å². The Balaban J connectivity index is 1.86. The van der Waals surface area contributed by atoms with E-state index in [1.807, 2.05) is 0 Å². The lowest BCUT2D eigenvalue weighted by Crippen LogP contribution is -2.53. The Morgan fingerprint density at radius 2 is 2.07 bits per heavy atom. The first-order valence-corrected chi connectivity index (χ1v) is 5.79. The molecule has 2 fully saturated rings. The highest BCUT2D eigenvalue weighted by atomic mass is 16.5. The van der Waals surface area contributed by atoms with E-state index in [0.717, 1.165) is 25.6 Å². The summed E-state index contributed by atoms with van der Waals surface area (Å²) in [5.41, 5.74) is 6.16. The van der Waals surface area contributed by atoms with Gasteiger partial charge in [0.1, 0.15) is 0 Å². The fourth-order valence-corrected chi connectivity index (χ4v) is 2.18. The van der Waals surface area contributed by atoms with Crippen LogP contribution in [0.4, 0.5) is 0 Å². The van der Waals surface area contributed by atoms with Crippen molar-refractivity contribution in [1.82, 2.24) is 4.90 Å². The summed E-state index contributed by atoms with van der Waals surface area (Å²) in [5, 5.41) is 0.